The van der Waals surface area contributed by atoms with Gasteiger partial charge in [0.15, 0.2) is 0 Å². The molecule has 1 heterocycles. The SMILES string of the molecule is CN1CCc2cc(C(C)(C)C3(N)CC3)ccc21. The normalized spacial score (nSPS) is 21.5. The molecule has 1 aliphatic carbocycles. The van der Waals surface area contributed by atoms with E-state index < -0.39 is 0 Å². The van der Waals surface area contributed by atoms with Crippen molar-refractivity contribution >= 4 is 5.69 Å². The molecule has 0 atom stereocenters. The fourth-order valence-corrected chi connectivity index (χ4v) is 3.00. The summed E-state index contributed by atoms with van der Waals surface area (Å²) in [4.78, 5) is 2.33. The molecule has 0 saturated heterocycles. The second kappa shape index (κ2) is 3.26. The first kappa shape index (κ1) is 11.1. The Bertz CT molecular complexity index is 458. The van der Waals surface area contributed by atoms with Crippen LogP contribution in [0.2, 0.25) is 0 Å². The maximum absolute atomic E-state index is 6.42. The quantitative estimate of drug-likeness (QED) is 0.845. The Hall–Kier alpha value is -1.02. The average molecular weight is 230 g/mol. The highest BCUT2D eigenvalue weighted by atomic mass is 15.1. The summed E-state index contributed by atoms with van der Waals surface area (Å²) < 4.78 is 0. The number of fused-ring (bicyclic) bond motifs is 1. The molecule has 0 amide bonds. The van der Waals surface area contributed by atoms with Crippen LogP contribution in [0, 0.1) is 0 Å². The minimum absolute atomic E-state index is 0.0335. The van der Waals surface area contributed by atoms with Crippen molar-refractivity contribution in [3.05, 3.63) is 29.3 Å². The lowest BCUT2D eigenvalue weighted by Crippen LogP contribution is -2.43. The van der Waals surface area contributed by atoms with Gasteiger partial charge in [-0.3, -0.25) is 0 Å². The zero-order valence-electron chi connectivity index (χ0n) is 11.1. The Labute approximate surface area is 104 Å². The fraction of sp³-hybridized carbons (Fsp3) is 0.600. The third kappa shape index (κ3) is 1.50. The molecule has 2 nitrogen and oxygen atoms in total. The third-order valence-electron chi connectivity index (χ3n) is 4.96. The van der Waals surface area contributed by atoms with Gasteiger partial charge in [-0.2, -0.15) is 0 Å². The van der Waals surface area contributed by atoms with Gasteiger partial charge in [-0.1, -0.05) is 26.0 Å². The minimum atomic E-state index is 0.0335. The first-order valence-electron chi connectivity index (χ1n) is 6.57. The summed E-state index contributed by atoms with van der Waals surface area (Å²) in [6, 6.07) is 6.92. The van der Waals surface area contributed by atoms with E-state index in [1.54, 1.807) is 0 Å². The van der Waals surface area contributed by atoms with E-state index in [2.05, 4.69) is 44.0 Å². The average Bonchev–Trinajstić information content (AvgIpc) is 2.95. The van der Waals surface area contributed by atoms with Gasteiger partial charge < -0.3 is 10.6 Å². The molecular formula is C15H22N2. The van der Waals surface area contributed by atoms with Gasteiger partial charge in [0.05, 0.1) is 0 Å². The summed E-state index contributed by atoms with van der Waals surface area (Å²) in [6.45, 7) is 5.73. The summed E-state index contributed by atoms with van der Waals surface area (Å²) in [7, 11) is 2.17. The molecule has 2 N–H and O–H groups in total. The van der Waals surface area contributed by atoms with Gasteiger partial charge in [0, 0.05) is 30.2 Å². The molecule has 92 valence electrons. The lowest BCUT2D eigenvalue weighted by Gasteiger charge is -2.33. The number of rotatable bonds is 2. The molecule has 3 rings (SSSR count). The Balaban J connectivity index is 2.00. The van der Waals surface area contributed by atoms with E-state index >= 15 is 0 Å². The minimum Gasteiger partial charge on any atom is -0.374 e. The first-order valence-corrected chi connectivity index (χ1v) is 6.57. The Morgan fingerprint density at radius 2 is 2.00 bits per heavy atom. The molecule has 0 spiro atoms. The third-order valence-corrected chi connectivity index (χ3v) is 4.96. The Morgan fingerprint density at radius 3 is 2.65 bits per heavy atom. The highest BCUT2D eigenvalue weighted by molar-refractivity contribution is 5.59. The monoisotopic (exact) mass is 230 g/mol. The largest absolute Gasteiger partial charge is 0.374 e. The van der Waals surface area contributed by atoms with Crippen LogP contribution in [0.4, 0.5) is 5.69 Å². The smallest absolute Gasteiger partial charge is 0.0397 e. The Kier molecular flexibility index (Phi) is 2.13. The van der Waals surface area contributed by atoms with E-state index in [0.29, 0.717) is 0 Å². The number of nitrogens with zero attached hydrogens (tertiary/aromatic N) is 1. The van der Waals surface area contributed by atoms with Crippen molar-refractivity contribution in [1.82, 2.24) is 0 Å². The fourth-order valence-electron chi connectivity index (χ4n) is 3.00. The van der Waals surface area contributed by atoms with Crippen molar-refractivity contribution in [2.75, 3.05) is 18.5 Å². The van der Waals surface area contributed by atoms with Crippen LogP contribution < -0.4 is 10.6 Å². The topological polar surface area (TPSA) is 29.3 Å². The molecule has 1 fully saturated rings. The van der Waals surface area contributed by atoms with E-state index in [4.69, 9.17) is 5.73 Å². The van der Waals surface area contributed by atoms with Crippen molar-refractivity contribution < 1.29 is 0 Å². The van der Waals surface area contributed by atoms with E-state index in [1.807, 2.05) is 0 Å². The van der Waals surface area contributed by atoms with Crippen LogP contribution in [-0.2, 0) is 11.8 Å². The van der Waals surface area contributed by atoms with E-state index in [-0.39, 0.29) is 11.0 Å². The zero-order valence-corrected chi connectivity index (χ0v) is 11.1. The van der Waals surface area contributed by atoms with Crippen LogP contribution in [0.25, 0.3) is 0 Å². The second-order valence-electron chi connectivity index (χ2n) is 6.30. The zero-order chi connectivity index (χ0) is 12.3. The highest BCUT2D eigenvalue weighted by Crippen LogP contribution is 2.49. The van der Waals surface area contributed by atoms with Crippen molar-refractivity contribution in [2.45, 2.75) is 44.1 Å². The van der Waals surface area contributed by atoms with E-state index in [9.17, 15) is 0 Å². The number of benzene rings is 1. The van der Waals surface area contributed by atoms with Crippen LogP contribution in [0.1, 0.15) is 37.8 Å². The number of nitrogens with two attached hydrogens (primary N) is 1. The predicted molar refractivity (Wildman–Crippen MR) is 72.6 cm³/mol. The molecular weight excluding hydrogens is 208 g/mol. The van der Waals surface area contributed by atoms with Gasteiger partial charge in [0.1, 0.15) is 0 Å². The standard InChI is InChI=1S/C15H22N2/c1-14(2,15(16)7-8-15)12-4-5-13-11(10-12)6-9-17(13)3/h4-5,10H,6-9,16H2,1-3H3. The molecule has 1 aliphatic heterocycles. The highest BCUT2D eigenvalue weighted by Gasteiger charge is 2.51. The molecule has 1 aromatic carbocycles. The maximum Gasteiger partial charge on any atom is 0.0397 e. The van der Waals surface area contributed by atoms with Gasteiger partial charge in [-0.05, 0) is 36.5 Å². The molecule has 0 unspecified atom stereocenters. The van der Waals surface area contributed by atoms with Gasteiger partial charge >= 0.3 is 0 Å². The molecule has 2 heteroatoms. The van der Waals surface area contributed by atoms with Crippen molar-refractivity contribution in [1.29, 1.82) is 0 Å². The van der Waals surface area contributed by atoms with Gasteiger partial charge in [-0.25, -0.2) is 0 Å². The summed E-state index contributed by atoms with van der Waals surface area (Å²) in [6.07, 6.45) is 3.50. The summed E-state index contributed by atoms with van der Waals surface area (Å²) in [5.74, 6) is 0. The maximum atomic E-state index is 6.42. The summed E-state index contributed by atoms with van der Waals surface area (Å²) in [5.41, 5.74) is 10.8. The summed E-state index contributed by atoms with van der Waals surface area (Å²) in [5, 5.41) is 0. The molecule has 0 aromatic heterocycles. The molecule has 2 aliphatic rings. The molecule has 0 bridgehead atoms. The number of hydrogen-bond acceptors (Lipinski definition) is 2. The molecule has 1 aromatic rings. The van der Waals surface area contributed by atoms with Crippen LogP contribution in [-0.4, -0.2) is 19.1 Å². The van der Waals surface area contributed by atoms with Crippen molar-refractivity contribution in [3.8, 4) is 0 Å². The lowest BCUT2D eigenvalue weighted by atomic mass is 9.75. The lowest BCUT2D eigenvalue weighted by molar-refractivity contribution is 0.391. The van der Waals surface area contributed by atoms with Crippen molar-refractivity contribution in [2.24, 2.45) is 5.73 Å². The number of anilines is 1. The van der Waals surface area contributed by atoms with Crippen LogP contribution in [0.15, 0.2) is 18.2 Å². The van der Waals surface area contributed by atoms with Crippen molar-refractivity contribution in [3.63, 3.8) is 0 Å². The molecule has 0 radical (unpaired) electrons. The number of hydrogen-bond donors (Lipinski definition) is 1. The van der Waals surface area contributed by atoms with Crippen LogP contribution in [0.3, 0.4) is 0 Å². The summed E-state index contributed by atoms with van der Waals surface area (Å²) >= 11 is 0. The predicted octanol–water partition coefficient (Wildman–Crippen LogP) is 2.45. The van der Waals surface area contributed by atoms with Gasteiger partial charge in [-0.15, -0.1) is 0 Å². The van der Waals surface area contributed by atoms with Gasteiger partial charge in [0.2, 0.25) is 0 Å². The van der Waals surface area contributed by atoms with E-state index in [1.165, 1.54) is 23.2 Å². The Morgan fingerprint density at radius 1 is 1.29 bits per heavy atom. The molecule has 1 saturated carbocycles. The molecule has 17 heavy (non-hydrogen) atoms. The van der Waals surface area contributed by atoms with E-state index in [0.717, 1.165) is 19.4 Å². The number of likely N-dealkylation sites (N-methyl/N-ethyl adjacent to an activating group) is 1. The van der Waals surface area contributed by atoms with Gasteiger partial charge in [0.25, 0.3) is 0 Å². The second-order valence-corrected chi connectivity index (χ2v) is 6.30. The first-order chi connectivity index (χ1) is 7.94. The van der Waals surface area contributed by atoms with Crippen LogP contribution in [0.5, 0.6) is 0 Å². The van der Waals surface area contributed by atoms with Crippen LogP contribution >= 0.6 is 0 Å².